The number of hydrogen-bond donors (Lipinski definition) is 1. The van der Waals surface area contributed by atoms with Crippen molar-refractivity contribution in [1.29, 1.82) is 0 Å². The molecule has 2 aromatic heterocycles. The lowest BCUT2D eigenvalue weighted by Crippen LogP contribution is -1.65. The highest BCUT2D eigenvalue weighted by Gasteiger charge is 1.93. The van der Waals surface area contributed by atoms with E-state index in [9.17, 15) is 0 Å². The van der Waals surface area contributed by atoms with Crippen molar-refractivity contribution >= 4 is 41.0 Å². The highest BCUT2D eigenvalue weighted by atomic mass is 127. The van der Waals surface area contributed by atoms with Gasteiger partial charge in [0.15, 0.2) is 0 Å². The molecule has 0 atom stereocenters. The molecule has 0 spiro atoms. The minimum Gasteiger partial charge on any atom is -0.355 e. The molecule has 0 bridgehead atoms. The molecular formula is C15H15IN2. The number of benzene rings is 1. The smallest absolute Gasteiger partial charge is 0.0458 e. The molecule has 1 N–H and O–H groups in total. The maximum absolute atomic E-state index is 3.78. The van der Waals surface area contributed by atoms with E-state index in [-0.39, 0.29) is 24.0 Å². The number of aromatic nitrogens is 2. The number of nitrogens with one attached hydrogen (secondary N) is 1. The van der Waals surface area contributed by atoms with E-state index in [0.29, 0.717) is 0 Å². The topological polar surface area (TPSA) is 28.7 Å². The number of H-pyrrole nitrogens is 1. The van der Waals surface area contributed by atoms with Crippen molar-refractivity contribution in [2.24, 2.45) is 0 Å². The van der Waals surface area contributed by atoms with Gasteiger partial charge in [0.05, 0.1) is 0 Å². The zero-order valence-corrected chi connectivity index (χ0v) is 12.2. The Morgan fingerprint density at radius 1 is 1.00 bits per heavy atom. The Labute approximate surface area is 124 Å². The van der Waals surface area contributed by atoms with E-state index in [1.54, 1.807) is 12.4 Å². The predicted octanol–water partition coefficient (Wildman–Crippen LogP) is 4.51. The number of pyridine rings is 1. The van der Waals surface area contributed by atoms with E-state index in [1.165, 1.54) is 10.9 Å². The Hall–Kier alpha value is -1.62. The second-order valence-electron chi connectivity index (χ2n) is 3.54. The lowest BCUT2D eigenvalue weighted by molar-refractivity contribution is 1.33. The van der Waals surface area contributed by atoms with Crippen LogP contribution in [0.1, 0.15) is 5.69 Å². The van der Waals surface area contributed by atoms with Crippen LogP contribution in [-0.4, -0.2) is 9.97 Å². The first-order valence-electron chi connectivity index (χ1n) is 5.45. The normalized spacial score (nSPS) is 8.89. The Bertz CT molecular complexity index is 528. The van der Waals surface area contributed by atoms with Crippen LogP contribution in [0.3, 0.4) is 0 Å². The summed E-state index contributed by atoms with van der Waals surface area (Å²) in [5.41, 5.74) is 2.24. The van der Waals surface area contributed by atoms with Gasteiger partial charge in [-0.2, -0.15) is 0 Å². The van der Waals surface area contributed by atoms with Gasteiger partial charge >= 0.3 is 0 Å². The van der Waals surface area contributed by atoms with E-state index in [0.717, 1.165) is 5.69 Å². The van der Waals surface area contributed by atoms with Crippen molar-refractivity contribution in [3.8, 4) is 0 Å². The van der Waals surface area contributed by atoms with Crippen LogP contribution in [0.2, 0.25) is 0 Å². The molecular weight excluding hydrogens is 335 g/mol. The van der Waals surface area contributed by atoms with E-state index >= 15 is 0 Å². The highest BCUT2D eigenvalue weighted by Crippen LogP contribution is 2.14. The molecule has 92 valence electrons. The summed E-state index contributed by atoms with van der Waals surface area (Å²) in [4.78, 5) is 7.01. The maximum Gasteiger partial charge on any atom is 0.0458 e. The molecule has 0 aliphatic carbocycles. The van der Waals surface area contributed by atoms with Crippen LogP contribution < -0.4 is 0 Å². The van der Waals surface area contributed by atoms with Crippen LogP contribution >= 0.6 is 24.0 Å². The average Bonchev–Trinajstić information content (AvgIpc) is 2.84. The summed E-state index contributed by atoms with van der Waals surface area (Å²) in [6.45, 7) is 3.69. The van der Waals surface area contributed by atoms with E-state index in [4.69, 9.17) is 0 Å². The van der Waals surface area contributed by atoms with Gasteiger partial charge in [-0.3, -0.25) is 4.98 Å². The van der Waals surface area contributed by atoms with Gasteiger partial charge in [-0.15, -0.1) is 24.0 Å². The molecule has 3 aromatic rings. The summed E-state index contributed by atoms with van der Waals surface area (Å²) in [6, 6.07) is 16.0. The van der Waals surface area contributed by atoms with Crippen molar-refractivity contribution in [3.63, 3.8) is 0 Å². The quantitative estimate of drug-likeness (QED) is 0.643. The Morgan fingerprint density at radius 3 is 2.22 bits per heavy atom. The van der Waals surface area contributed by atoms with Crippen molar-refractivity contribution < 1.29 is 0 Å². The first-order chi connectivity index (χ1) is 8.40. The molecule has 2 nitrogen and oxygen atoms in total. The zero-order chi connectivity index (χ0) is 11.9. The van der Waals surface area contributed by atoms with E-state index in [1.807, 2.05) is 36.4 Å². The van der Waals surface area contributed by atoms with Crippen LogP contribution in [0.25, 0.3) is 17.0 Å². The first kappa shape index (κ1) is 14.4. The monoisotopic (exact) mass is 350 g/mol. The molecule has 0 unspecified atom stereocenters. The fourth-order valence-electron chi connectivity index (χ4n) is 1.52. The second kappa shape index (κ2) is 7.66. The molecule has 0 amide bonds. The summed E-state index contributed by atoms with van der Waals surface area (Å²) in [5.74, 6) is 0. The lowest BCUT2D eigenvalue weighted by Gasteiger charge is -1.83. The van der Waals surface area contributed by atoms with Gasteiger partial charge in [-0.1, -0.05) is 30.8 Å². The number of halogens is 1. The van der Waals surface area contributed by atoms with Crippen molar-refractivity contribution in [2.45, 2.75) is 0 Å². The van der Waals surface area contributed by atoms with E-state index in [2.05, 4.69) is 34.7 Å². The lowest BCUT2D eigenvalue weighted by atomic mass is 10.2. The Kier molecular flexibility index (Phi) is 6.14. The maximum atomic E-state index is 3.78. The number of hydrogen-bond acceptors (Lipinski definition) is 1. The van der Waals surface area contributed by atoms with E-state index < -0.39 is 0 Å². The summed E-state index contributed by atoms with van der Waals surface area (Å²) >= 11 is 0. The highest BCUT2D eigenvalue weighted by molar-refractivity contribution is 14.0. The minimum absolute atomic E-state index is 0. The van der Waals surface area contributed by atoms with Gasteiger partial charge in [-0.25, -0.2) is 0 Å². The van der Waals surface area contributed by atoms with Gasteiger partial charge in [0.1, 0.15) is 0 Å². The molecule has 0 radical (unpaired) electrons. The molecule has 0 aliphatic rings. The summed E-state index contributed by atoms with van der Waals surface area (Å²) in [7, 11) is 0. The standard InChI is InChI=1S/C10H9N.C5H5N.HI/c1-2-9-7-8-5-3-4-6-10(8)11-9;1-2-4-6-5-3-1;/h2-7,11H,1H2;1-5H;1H. The number of aromatic amines is 1. The summed E-state index contributed by atoms with van der Waals surface area (Å²) in [5, 5.41) is 1.24. The number of para-hydroxylation sites is 1. The summed E-state index contributed by atoms with van der Waals surface area (Å²) < 4.78 is 0. The third-order valence-electron chi connectivity index (χ3n) is 2.34. The van der Waals surface area contributed by atoms with Gasteiger partial charge in [0, 0.05) is 23.6 Å². The predicted molar refractivity (Wildman–Crippen MR) is 88.0 cm³/mol. The largest absolute Gasteiger partial charge is 0.355 e. The van der Waals surface area contributed by atoms with Gasteiger partial charge in [0.2, 0.25) is 0 Å². The molecule has 3 heteroatoms. The second-order valence-corrected chi connectivity index (χ2v) is 3.54. The Morgan fingerprint density at radius 2 is 1.72 bits per heavy atom. The van der Waals surface area contributed by atoms with Crippen LogP contribution in [0.4, 0.5) is 0 Å². The first-order valence-corrected chi connectivity index (χ1v) is 5.45. The Balaban J connectivity index is 0.000000199. The van der Waals surface area contributed by atoms with Gasteiger partial charge in [0.25, 0.3) is 0 Å². The third kappa shape index (κ3) is 4.00. The number of fused-ring (bicyclic) bond motifs is 1. The molecule has 1 aromatic carbocycles. The molecule has 2 heterocycles. The van der Waals surface area contributed by atoms with Crippen LogP contribution in [-0.2, 0) is 0 Å². The molecule has 0 saturated carbocycles. The zero-order valence-electron chi connectivity index (χ0n) is 9.91. The van der Waals surface area contributed by atoms with Crippen LogP contribution in [0.5, 0.6) is 0 Å². The SMILES string of the molecule is C=Cc1cc2ccccc2[nH]1.I.c1ccncc1. The fourth-order valence-corrected chi connectivity index (χ4v) is 1.52. The van der Waals surface area contributed by atoms with Gasteiger partial charge < -0.3 is 4.98 Å². The van der Waals surface area contributed by atoms with Crippen LogP contribution in [0.15, 0.2) is 67.5 Å². The molecule has 3 rings (SSSR count). The van der Waals surface area contributed by atoms with Crippen LogP contribution in [0, 0.1) is 0 Å². The third-order valence-corrected chi connectivity index (χ3v) is 2.34. The molecule has 0 aliphatic heterocycles. The number of nitrogens with zero attached hydrogens (tertiary/aromatic N) is 1. The molecule has 0 fully saturated rings. The van der Waals surface area contributed by atoms with Crippen molar-refractivity contribution in [3.05, 3.63) is 73.2 Å². The average molecular weight is 350 g/mol. The molecule has 18 heavy (non-hydrogen) atoms. The van der Waals surface area contributed by atoms with Gasteiger partial charge in [-0.05, 0) is 35.7 Å². The van der Waals surface area contributed by atoms with Crippen molar-refractivity contribution in [1.82, 2.24) is 9.97 Å². The van der Waals surface area contributed by atoms with Crippen molar-refractivity contribution in [2.75, 3.05) is 0 Å². The fraction of sp³-hybridized carbons (Fsp3) is 0. The summed E-state index contributed by atoms with van der Waals surface area (Å²) in [6.07, 6.45) is 5.32. The number of rotatable bonds is 1. The molecule has 0 saturated heterocycles. The minimum atomic E-state index is 0.